The van der Waals surface area contributed by atoms with Crippen LogP contribution in [0.5, 0.6) is 0 Å². The van der Waals surface area contributed by atoms with Gasteiger partial charge in [-0.15, -0.1) is 0 Å². The van der Waals surface area contributed by atoms with Crippen LogP contribution in [0.3, 0.4) is 0 Å². The predicted octanol–water partition coefficient (Wildman–Crippen LogP) is -0.156. The second-order valence-corrected chi connectivity index (χ2v) is 1.49. The Morgan fingerprint density at radius 1 is 1.57 bits per heavy atom. The third-order valence-corrected chi connectivity index (χ3v) is 0.883. The summed E-state index contributed by atoms with van der Waals surface area (Å²) in [5.74, 6) is 0. The summed E-state index contributed by atoms with van der Waals surface area (Å²) in [6.07, 6.45) is 6.00. The van der Waals surface area contributed by atoms with Crippen LogP contribution in [0, 0.1) is 6.20 Å². The topological polar surface area (TPSA) is 24.1 Å². The highest BCUT2D eigenvalue weighted by molar-refractivity contribution is 4.75. The lowest BCUT2D eigenvalue weighted by Gasteiger charge is -1.94. The lowest BCUT2D eigenvalue weighted by atomic mass is 10.4. The maximum absolute atomic E-state index is 3.14. The summed E-state index contributed by atoms with van der Waals surface area (Å²) in [6.45, 7) is 1.93. The number of rotatable bonds is 0. The minimum absolute atomic E-state index is 0.858. The Bertz CT molecular complexity index is 60.5. The Morgan fingerprint density at radius 2 is 2.57 bits per heavy atom. The van der Waals surface area contributed by atoms with Gasteiger partial charge in [-0.3, -0.25) is 5.32 Å². The van der Waals surface area contributed by atoms with Crippen molar-refractivity contribution >= 4 is 0 Å². The van der Waals surface area contributed by atoms with Crippen molar-refractivity contribution in [2.75, 3.05) is 13.2 Å². The van der Waals surface area contributed by atoms with E-state index < -0.39 is 0 Å². The molecule has 1 rings (SSSR count). The smallest absolute Gasteiger partial charge is 0.0653 e. The summed E-state index contributed by atoms with van der Waals surface area (Å²) >= 11 is 0. The van der Waals surface area contributed by atoms with E-state index in [1.807, 2.05) is 6.08 Å². The molecule has 0 saturated heterocycles. The van der Waals surface area contributed by atoms with Crippen LogP contribution >= 0.6 is 0 Å². The molecular formula is C5H9N2. The molecule has 0 fully saturated rings. The van der Waals surface area contributed by atoms with Gasteiger partial charge in [0.05, 0.1) is 12.9 Å². The Labute approximate surface area is 43.6 Å². The van der Waals surface area contributed by atoms with Crippen molar-refractivity contribution in [3.63, 3.8) is 0 Å². The van der Waals surface area contributed by atoms with E-state index in [1.165, 1.54) is 0 Å². The second kappa shape index (κ2) is 2.64. The molecule has 0 spiro atoms. The molecule has 2 N–H and O–H groups in total. The lowest BCUT2D eigenvalue weighted by Crippen LogP contribution is -2.23. The van der Waals surface area contributed by atoms with Crippen LogP contribution in [-0.4, -0.2) is 13.2 Å². The van der Waals surface area contributed by atoms with Crippen LogP contribution < -0.4 is 10.6 Å². The Balaban J connectivity index is 2.20. The minimum Gasteiger partial charge on any atom is -0.371 e. The molecule has 0 aromatic heterocycles. The third-order valence-electron chi connectivity index (χ3n) is 0.883. The first kappa shape index (κ1) is 4.65. The van der Waals surface area contributed by atoms with Gasteiger partial charge in [0, 0.05) is 6.54 Å². The standard InChI is InChI=1S/C5H9N2/c1-2-4-7-5-6-3-1/h1,6-7H,2,4-5H2. The normalized spacial score (nSPS) is 20.6. The molecular weight excluding hydrogens is 88.1 g/mol. The van der Waals surface area contributed by atoms with Crippen LogP contribution in [0.4, 0.5) is 0 Å². The predicted molar refractivity (Wildman–Crippen MR) is 28.4 cm³/mol. The van der Waals surface area contributed by atoms with Crippen molar-refractivity contribution in [1.82, 2.24) is 10.6 Å². The summed E-state index contributed by atoms with van der Waals surface area (Å²) in [6, 6.07) is 0. The van der Waals surface area contributed by atoms with Gasteiger partial charge >= 0.3 is 0 Å². The Morgan fingerprint density at radius 3 is 3.57 bits per heavy atom. The maximum atomic E-state index is 3.14. The maximum Gasteiger partial charge on any atom is 0.0653 e. The van der Waals surface area contributed by atoms with Crippen LogP contribution in [0.15, 0.2) is 6.08 Å². The summed E-state index contributed by atoms with van der Waals surface area (Å²) in [5, 5.41) is 6.07. The van der Waals surface area contributed by atoms with Gasteiger partial charge in [-0.05, 0) is 6.42 Å². The number of hydrogen-bond acceptors (Lipinski definition) is 2. The van der Waals surface area contributed by atoms with Crippen LogP contribution in [-0.2, 0) is 0 Å². The van der Waals surface area contributed by atoms with Gasteiger partial charge in [-0.25, -0.2) is 0 Å². The Hall–Kier alpha value is -0.500. The Kier molecular flexibility index (Phi) is 1.75. The average molecular weight is 97.1 g/mol. The molecule has 0 atom stereocenters. The van der Waals surface area contributed by atoms with E-state index in [0.717, 1.165) is 19.6 Å². The van der Waals surface area contributed by atoms with E-state index in [1.54, 1.807) is 0 Å². The highest BCUT2D eigenvalue weighted by Crippen LogP contribution is 1.79. The first-order chi connectivity index (χ1) is 3.50. The van der Waals surface area contributed by atoms with E-state index in [9.17, 15) is 0 Å². The van der Waals surface area contributed by atoms with Gasteiger partial charge in [0.2, 0.25) is 0 Å². The molecule has 39 valence electrons. The van der Waals surface area contributed by atoms with Crippen LogP contribution in [0.25, 0.3) is 0 Å². The quantitative estimate of drug-likeness (QED) is 0.439. The van der Waals surface area contributed by atoms with Crippen LogP contribution in [0.2, 0.25) is 0 Å². The molecule has 1 aliphatic rings. The van der Waals surface area contributed by atoms with Gasteiger partial charge in [-0.2, -0.15) is 0 Å². The SMILES string of the molecule is [C]1=CCCNCN1. The second-order valence-electron chi connectivity index (χ2n) is 1.49. The molecule has 0 amide bonds. The van der Waals surface area contributed by atoms with E-state index in [4.69, 9.17) is 0 Å². The van der Waals surface area contributed by atoms with Gasteiger partial charge in [0.15, 0.2) is 0 Å². The largest absolute Gasteiger partial charge is 0.371 e. The number of nitrogens with one attached hydrogen (secondary N) is 2. The monoisotopic (exact) mass is 97.1 g/mol. The minimum atomic E-state index is 0.858. The fourth-order valence-electron chi connectivity index (χ4n) is 0.520. The third kappa shape index (κ3) is 1.59. The molecule has 2 nitrogen and oxygen atoms in total. The van der Waals surface area contributed by atoms with E-state index in [2.05, 4.69) is 16.8 Å². The van der Waals surface area contributed by atoms with Crippen LogP contribution in [0.1, 0.15) is 6.42 Å². The highest BCUT2D eigenvalue weighted by Gasteiger charge is 1.85. The summed E-state index contributed by atoms with van der Waals surface area (Å²) < 4.78 is 0. The average Bonchev–Trinajstić information content (AvgIpc) is 1.90. The zero-order valence-corrected chi connectivity index (χ0v) is 4.20. The molecule has 2 heteroatoms. The summed E-state index contributed by atoms with van der Waals surface area (Å²) in [4.78, 5) is 0. The van der Waals surface area contributed by atoms with Crippen molar-refractivity contribution < 1.29 is 0 Å². The number of hydrogen-bond donors (Lipinski definition) is 2. The molecule has 1 aliphatic heterocycles. The van der Waals surface area contributed by atoms with Crippen molar-refractivity contribution in [1.29, 1.82) is 0 Å². The van der Waals surface area contributed by atoms with E-state index >= 15 is 0 Å². The van der Waals surface area contributed by atoms with Crippen molar-refractivity contribution in [3.05, 3.63) is 12.3 Å². The van der Waals surface area contributed by atoms with Gasteiger partial charge < -0.3 is 5.32 Å². The molecule has 7 heavy (non-hydrogen) atoms. The lowest BCUT2D eigenvalue weighted by molar-refractivity contribution is 0.670. The molecule has 0 unspecified atom stereocenters. The fourth-order valence-corrected chi connectivity index (χ4v) is 0.520. The molecule has 1 heterocycles. The van der Waals surface area contributed by atoms with Crippen molar-refractivity contribution in [3.8, 4) is 0 Å². The zero-order chi connectivity index (χ0) is 4.95. The highest BCUT2D eigenvalue weighted by atomic mass is 15.0. The first-order valence-electron chi connectivity index (χ1n) is 2.51. The first-order valence-corrected chi connectivity index (χ1v) is 2.51. The molecule has 0 aromatic carbocycles. The zero-order valence-electron chi connectivity index (χ0n) is 4.20. The van der Waals surface area contributed by atoms with Crippen molar-refractivity contribution in [2.24, 2.45) is 0 Å². The van der Waals surface area contributed by atoms with E-state index in [-0.39, 0.29) is 0 Å². The van der Waals surface area contributed by atoms with Gasteiger partial charge in [-0.1, -0.05) is 6.08 Å². The molecule has 0 aromatic rings. The molecule has 0 aliphatic carbocycles. The summed E-state index contributed by atoms with van der Waals surface area (Å²) in [5.41, 5.74) is 0. The van der Waals surface area contributed by atoms with Gasteiger partial charge in [0.1, 0.15) is 0 Å². The van der Waals surface area contributed by atoms with Gasteiger partial charge in [0.25, 0.3) is 0 Å². The summed E-state index contributed by atoms with van der Waals surface area (Å²) in [7, 11) is 0. The molecule has 0 bridgehead atoms. The van der Waals surface area contributed by atoms with E-state index in [0.29, 0.717) is 0 Å². The molecule has 0 saturated carbocycles. The fraction of sp³-hybridized carbons (Fsp3) is 0.600. The van der Waals surface area contributed by atoms with Crippen molar-refractivity contribution in [2.45, 2.75) is 6.42 Å². The molecule has 1 radical (unpaired) electrons.